The van der Waals surface area contributed by atoms with Gasteiger partial charge in [0.25, 0.3) is 5.91 Å². The van der Waals surface area contributed by atoms with Crippen LogP contribution in [-0.2, 0) is 13.0 Å². The number of amides is 1. The number of hydrogen-bond donors (Lipinski definition) is 2. The second-order valence-corrected chi connectivity index (χ2v) is 7.48. The van der Waals surface area contributed by atoms with E-state index in [2.05, 4.69) is 15.3 Å². The maximum absolute atomic E-state index is 12.8. The van der Waals surface area contributed by atoms with Crippen LogP contribution in [0.15, 0.2) is 54.2 Å². The third-order valence-corrected chi connectivity index (χ3v) is 5.70. The van der Waals surface area contributed by atoms with Gasteiger partial charge >= 0.3 is 0 Å². The molecule has 0 fully saturated rings. The number of methoxy groups -OCH3 is 2. The topological polar surface area (TPSA) is 76.2 Å². The second-order valence-electron chi connectivity index (χ2n) is 6.57. The van der Waals surface area contributed by atoms with Gasteiger partial charge in [-0.3, -0.25) is 4.79 Å². The van der Waals surface area contributed by atoms with Crippen molar-refractivity contribution in [3.8, 4) is 11.5 Å². The first-order chi connectivity index (χ1) is 14.2. The minimum atomic E-state index is -0.0869. The number of aromatic nitrogens is 2. The molecule has 0 saturated heterocycles. The Morgan fingerprint density at radius 2 is 1.90 bits per heavy atom. The van der Waals surface area contributed by atoms with Crippen molar-refractivity contribution in [2.45, 2.75) is 13.0 Å². The van der Waals surface area contributed by atoms with Gasteiger partial charge in [0.15, 0.2) is 0 Å². The van der Waals surface area contributed by atoms with E-state index in [0.717, 1.165) is 32.6 Å². The molecule has 0 aliphatic heterocycles. The molecule has 0 atom stereocenters. The third-order valence-electron chi connectivity index (χ3n) is 4.75. The van der Waals surface area contributed by atoms with Crippen LogP contribution in [0.25, 0.3) is 11.0 Å². The average molecular weight is 407 g/mol. The molecule has 0 aliphatic rings. The zero-order valence-electron chi connectivity index (χ0n) is 16.2. The number of fused-ring (bicyclic) bond motifs is 1. The van der Waals surface area contributed by atoms with Crippen LogP contribution in [0.1, 0.15) is 26.4 Å². The van der Waals surface area contributed by atoms with Crippen molar-refractivity contribution in [3.05, 3.63) is 75.7 Å². The number of thiophene rings is 1. The Bertz CT molecular complexity index is 1130. The highest BCUT2D eigenvalue weighted by molar-refractivity contribution is 7.12. The molecule has 1 amide bonds. The molecule has 0 bridgehead atoms. The van der Waals surface area contributed by atoms with Crippen LogP contribution in [0, 0.1) is 0 Å². The van der Waals surface area contributed by atoms with Crippen molar-refractivity contribution in [2.24, 2.45) is 0 Å². The van der Waals surface area contributed by atoms with E-state index in [1.807, 2.05) is 41.9 Å². The van der Waals surface area contributed by atoms with Gasteiger partial charge in [-0.05, 0) is 58.8 Å². The second kappa shape index (κ2) is 8.36. The quantitative estimate of drug-likeness (QED) is 0.482. The van der Waals surface area contributed by atoms with Crippen LogP contribution >= 0.6 is 11.3 Å². The number of hydrogen-bond acceptors (Lipinski definition) is 5. The van der Waals surface area contributed by atoms with Gasteiger partial charge in [-0.15, -0.1) is 11.3 Å². The summed E-state index contributed by atoms with van der Waals surface area (Å²) in [6, 6.07) is 11.6. The van der Waals surface area contributed by atoms with Gasteiger partial charge in [0.2, 0.25) is 0 Å². The smallest absolute Gasteiger partial charge is 0.261 e. The summed E-state index contributed by atoms with van der Waals surface area (Å²) in [6.07, 6.45) is 4.34. The van der Waals surface area contributed by atoms with Crippen molar-refractivity contribution in [2.75, 3.05) is 14.2 Å². The fraction of sp³-hybridized carbons (Fsp3) is 0.182. The van der Waals surface area contributed by atoms with Crippen LogP contribution < -0.4 is 14.8 Å². The lowest BCUT2D eigenvalue weighted by atomic mass is 10.0. The molecule has 0 saturated carbocycles. The third kappa shape index (κ3) is 4.09. The zero-order valence-corrected chi connectivity index (χ0v) is 17.0. The summed E-state index contributed by atoms with van der Waals surface area (Å²) < 4.78 is 10.6. The van der Waals surface area contributed by atoms with E-state index in [1.54, 1.807) is 26.5 Å². The summed E-state index contributed by atoms with van der Waals surface area (Å²) >= 11 is 1.45. The maximum Gasteiger partial charge on any atom is 0.261 e. The van der Waals surface area contributed by atoms with Gasteiger partial charge in [-0.2, -0.15) is 0 Å². The van der Waals surface area contributed by atoms with E-state index < -0.39 is 0 Å². The number of nitrogens with one attached hydrogen (secondary N) is 2. The van der Waals surface area contributed by atoms with E-state index in [4.69, 9.17) is 9.47 Å². The predicted molar refractivity (Wildman–Crippen MR) is 114 cm³/mol. The number of carbonyl (C=O) groups is 1. The number of pyridine rings is 1. The van der Waals surface area contributed by atoms with Crippen LogP contribution in [0.4, 0.5) is 0 Å². The number of benzene rings is 1. The molecule has 0 radical (unpaired) electrons. The van der Waals surface area contributed by atoms with Crippen LogP contribution in [0.5, 0.6) is 11.5 Å². The molecular formula is C22H21N3O3S. The van der Waals surface area contributed by atoms with Crippen LogP contribution in [0.2, 0.25) is 0 Å². The zero-order chi connectivity index (χ0) is 20.2. The monoisotopic (exact) mass is 407 g/mol. The van der Waals surface area contributed by atoms with Crippen molar-refractivity contribution < 1.29 is 14.3 Å². The lowest BCUT2D eigenvalue weighted by Crippen LogP contribution is -2.23. The standard InChI is InChI=1S/C22H21N3O3S/c1-27-17-9-14(10-18(12-17)28-2)13-25-22(26)20-16(5-8-29-20)11-15-3-6-23-21-19(15)4-7-24-21/h3-10,12H,11,13H2,1-2H3,(H,23,24)(H,25,26). The molecule has 2 N–H and O–H groups in total. The van der Waals surface area contributed by atoms with Gasteiger partial charge in [0.05, 0.1) is 19.1 Å². The highest BCUT2D eigenvalue weighted by Crippen LogP contribution is 2.25. The van der Waals surface area contributed by atoms with Crippen LogP contribution in [-0.4, -0.2) is 30.1 Å². The summed E-state index contributed by atoms with van der Waals surface area (Å²) in [5.74, 6) is 1.30. The highest BCUT2D eigenvalue weighted by Gasteiger charge is 2.15. The Morgan fingerprint density at radius 1 is 1.10 bits per heavy atom. The Labute approximate surface area is 172 Å². The summed E-state index contributed by atoms with van der Waals surface area (Å²) in [5.41, 5.74) is 3.91. The number of rotatable bonds is 7. The van der Waals surface area contributed by atoms with Gasteiger partial charge in [-0.25, -0.2) is 4.98 Å². The molecule has 6 nitrogen and oxygen atoms in total. The van der Waals surface area contributed by atoms with Gasteiger partial charge in [0.1, 0.15) is 17.1 Å². The van der Waals surface area contributed by atoms with Crippen molar-refractivity contribution in [3.63, 3.8) is 0 Å². The fourth-order valence-corrected chi connectivity index (χ4v) is 4.12. The van der Waals surface area contributed by atoms with Crippen molar-refractivity contribution >= 4 is 28.3 Å². The molecule has 0 unspecified atom stereocenters. The molecule has 0 aliphatic carbocycles. The molecule has 4 rings (SSSR count). The Hall–Kier alpha value is -3.32. The van der Waals surface area contributed by atoms with Crippen molar-refractivity contribution in [1.29, 1.82) is 0 Å². The Morgan fingerprint density at radius 3 is 2.66 bits per heavy atom. The molecule has 7 heteroatoms. The molecule has 3 aromatic heterocycles. The number of H-pyrrole nitrogens is 1. The molecule has 0 spiro atoms. The van der Waals surface area contributed by atoms with E-state index >= 15 is 0 Å². The Kier molecular flexibility index (Phi) is 5.48. The van der Waals surface area contributed by atoms with Crippen LogP contribution in [0.3, 0.4) is 0 Å². The molecule has 4 aromatic rings. The first-order valence-electron chi connectivity index (χ1n) is 9.15. The van der Waals surface area contributed by atoms with E-state index in [-0.39, 0.29) is 5.91 Å². The van der Waals surface area contributed by atoms with E-state index in [9.17, 15) is 4.79 Å². The van der Waals surface area contributed by atoms with E-state index in [1.165, 1.54) is 11.3 Å². The normalized spacial score (nSPS) is 10.8. The van der Waals surface area contributed by atoms with Gasteiger partial charge in [0, 0.05) is 30.4 Å². The van der Waals surface area contributed by atoms with Gasteiger partial charge < -0.3 is 19.8 Å². The maximum atomic E-state index is 12.8. The fourth-order valence-electron chi connectivity index (χ4n) is 3.28. The number of nitrogens with zero attached hydrogens (tertiary/aromatic N) is 1. The number of ether oxygens (including phenoxy) is 2. The summed E-state index contributed by atoms with van der Waals surface area (Å²) in [7, 11) is 3.21. The first kappa shape index (κ1) is 19.0. The minimum absolute atomic E-state index is 0.0869. The summed E-state index contributed by atoms with van der Waals surface area (Å²) in [5, 5.41) is 6.03. The summed E-state index contributed by atoms with van der Waals surface area (Å²) in [6.45, 7) is 0.390. The predicted octanol–water partition coefficient (Wildman–Crippen LogP) is 4.16. The van der Waals surface area contributed by atoms with Crippen molar-refractivity contribution in [1.82, 2.24) is 15.3 Å². The minimum Gasteiger partial charge on any atom is -0.497 e. The molecular weight excluding hydrogens is 386 g/mol. The molecule has 1 aromatic carbocycles. The molecule has 148 valence electrons. The molecule has 29 heavy (non-hydrogen) atoms. The Balaban J connectivity index is 1.50. The number of carbonyl (C=O) groups excluding carboxylic acids is 1. The SMILES string of the molecule is COc1cc(CNC(=O)c2sccc2Cc2ccnc3[nH]ccc23)cc(OC)c1. The molecule has 3 heterocycles. The number of aromatic amines is 1. The van der Waals surface area contributed by atoms with E-state index in [0.29, 0.717) is 24.5 Å². The highest BCUT2D eigenvalue weighted by atomic mass is 32.1. The summed E-state index contributed by atoms with van der Waals surface area (Å²) in [4.78, 5) is 21.0. The lowest BCUT2D eigenvalue weighted by Gasteiger charge is -2.10. The van der Waals surface area contributed by atoms with Gasteiger partial charge in [-0.1, -0.05) is 0 Å². The first-order valence-corrected chi connectivity index (χ1v) is 10.0. The lowest BCUT2D eigenvalue weighted by molar-refractivity contribution is 0.0954. The average Bonchev–Trinajstić information content (AvgIpc) is 3.41. The largest absolute Gasteiger partial charge is 0.497 e.